The molecule has 0 radical (unpaired) electrons. The maximum atomic E-state index is 5.97. The number of benzene rings is 1. The molecule has 1 N–H and O–H groups in total. The fraction of sp³-hybridized carbons (Fsp3) is 0.500. The summed E-state index contributed by atoms with van der Waals surface area (Å²) in [5.41, 5.74) is 2.28. The molecule has 1 unspecified atom stereocenters. The van der Waals surface area contributed by atoms with Crippen molar-refractivity contribution in [1.29, 1.82) is 0 Å². The van der Waals surface area contributed by atoms with Gasteiger partial charge in [0.1, 0.15) is 11.3 Å². The second kappa shape index (κ2) is 4.77. The van der Waals surface area contributed by atoms with E-state index in [0.717, 1.165) is 23.8 Å². The van der Waals surface area contributed by atoms with Crippen molar-refractivity contribution in [3.05, 3.63) is 35.6 Å². The van der Waals surface area contributed by atoms with Crippen LogP contribution in [-0.2, 0) is 0 Å². The van der Waals surface area contributed by atoms with Crippen LogP contribution < -0.4 is 5.32 Å². The maximum Gasteiger partial charge on any atom is 0.134 e. The standard InChI is InChI=1S/C16H21NO/c1-11-14-5-3-4-6-15(14)18-16(11)12(2)17-10-9-13-7-8-13/h3-6,12-13,17H,7-10H2,1-2H3. The van der Waals surface area contributed by atoms with Crippen LogP contribution in [0.1, 0.15) is 43.6 Å². The summed E-state index contributed by atoms with van der Waals surface area (Å²) >= 11 is 0. The van der Waals surface area contributed by atoms with E-state index in [-0.39, 0.29) is 0 Å². The molecule has 1 aromatic heterocycles. The molecule has 1 aliphatic carbocycles. The van der Waals surface area contributed by atoms with Crippen molar-refractivity contribution < 1.29 is 4.42 Å². The van der Waals surface area contributed by atoms with Gasteiger partial charge in [-0.2, -0.15) is 0 Å². The van der Waals surface area contributed by atoms with Crippen LogP contribution in [0.3, 0.4) is 0 Å². The van der Waals surface area contributed by atoms with Crippen LogP contribution in [0.5, 0.6) is 0 Å². The highest BCUT2D eigenvalue weighted by molar-refractivity contribution is 5.82. The van der Waals surface area contributed by atoms with E-state index in [2.05, 4.69) is 31.3 Å². The molecular formula is C16H21NO. The molecule has 1 heterocycles. The molecule has 1 aromatic carbocycles. The predicted octanol–water partition coefficient (Wildman–Crippen LogP) is 4.19. The number of furan rings is 1. The summed E-state index contributed by atoms with van der Waals surface area (Å²) in [7, 11) is 0. The third kappa shape index (κ3) is 2.30. The molecule has 0 bridgehead atoms. The Morgan fingerprint density at radius 1 is 1.33 bits per heavy atom. The van der Waals surface area contributed by atoms with Crippen LogP contribution in [0.25, 0.3) is 11.0 Å². The first-order valence-corrected chi connectivity index (χ1v) is 6.97. The van der Waals surface area contributed by atoms with Gasteiger partial charge in [0, 0.05) is 5.39 Å². The number of fused-ring (bicyclic) bond motifs is 1. The van der Waals surface area contributed by atoms with Gasteiger partial charge < -0.3 is 9.73 Å². The molecule has 2 aromatic rings. The summed E-state index contributed by atoms with van der Waals surface area (Å²) in [6, 6.07) is 8.58. The van der Waals surface area contributed by atoms with Crippen LogP contribution >= 0.6 is 0 Å². The van der Waals surface area contributed by atoms with Crippen LogP contribution in [0, 0.1) is 12.8 Å². The Balaban J connectivity index is 1.73. The van der Waals surface area contributed by atoms with Gasteiger partial charge in [-0.05, 0) is 44.4 Å². The fourth-order valence-electron chi connectivity index (χ4n) is 2.61. The molecule has 0 aliphatic heterocycles. The molecule has 1 aliphatic rings. The highest BCUT2D eigenvalue weighted by atomic mass is 16.3. The molecule has 1 saturated carbocycles. The molecule has 0 amide bonds. The molecule has 18 heavy (non-hydrogen) atoms. The Kier molecular flexibility index (Phi) is 3.13. The van der Waals surface area contributed by atoms with E-state index < -0.39 is 0 Å². The van der Waals surface area contributed by atoms with Gasteiger partial charge in [0.25, 0.3) is 0 Å². The van der Waals surface area contributed by atoms with Crippen LogP contribution in [-0.4, -0.2) is 6.54 Å². The summed E-state index contributed by atoms with van der Waals surface area (Å²) in [6.07, 6.45) is 4.17. The molecule has 2 heteroatoms. The molecule has 1 fully saturated rings. The van der Waals surface area contributed by atoms with Crippen LogP contribution in [0.4, 0.5) is 0 Å². The Morgan fingerprint density at radius 3 is 2.83 bits per heavy atom. The summed E-state index contributed by atoms with van der Waals surface area (Å²) in [4.78, 5) is 0. The lowest BCUT2D eigenvalue weighted by Gasteiger charge is -2.12. The van der Waals surface area contributed by atoms with Crippen molar-refractivity contribution in [2.24, 2.45) is 5.92 Å². The second-order valence-electron chi connectivity index (χ2n) is 5.50. The Morgan fingerprint density at radius 2 is 2.11 bits per heavy atom. The molecular weight excluding hydrogens is 222 g/mol. The van der Waals surface area contributed by atoms with E-state index in [1.54, 1.807) is 0 Å². The van der Waals surface area contributed by atoms with E-state index in [0.29, 0.717) is 6.04 Å². The minimum Gasteiger partial charge on any atom is -0.459 e. The van der Waals surface area contributed by atoms with E-state index in [1.165, 1.54) is 30.2 Å². The number of nitrogens with one attached hydrogen (secondary N) is 1. The third-order valence-corrected chi connectivity index (χ3v) is 3.97. The van der Waals surface area contributed by atoms with Gasteiger partial charge in [-0.3, -0.25) is 0 Å². The van der Waals surface area contributed by atoms with Gasteiger partial charge in [0.2, 0.25) is 0 Å². The highest BCUT2D eigenvalue weighted by Crippen LogP contribution is 2.32. The normalized spacial score (nSPS) is 17.2. The Labute approximate surface area is 108 Å². The minimum absolute atomic E-state index is 0.302. The minimum atomic E-state index is 0.302. The Bertz CT molecular complexity index is 539. The van der Waals surface area contributed by atoms with E-state index in [4.69, 9.17) is 4.42 Å². The maximum absolute atomic E-state index is 5.97. The summed E-state index contributed by atoms with van der Waals surface area (Å²) in [5.74, 6) is 2.08. The quantitative estimate of drug-likeness (QED) is 0.851. The fourth-order valence-corrected chi connectivity index (χ4v) is 2.61. The summed E-state index contributed by atoms with van der Waals surface area (Å²) in [5, 5.41) is 4.82. The van der Waals surface area contributed by atoms with Crippen molar-refractivity contribution >= 4 is 11.0 Å². The number of aryl methyl sites for hydroxylation is 1. The lowest BCUT2D eigenvalue weighted by atomic mass is 10.1. The first-order chi connectivity index (χ1) is 8.75. The topological polar surface area (TPSA) is 25.2 Å². The molecule has 3 rings (SSSR count). The predicted molar refractivity (Wildman–Crippen MR) is 74.7 cm³/mol. The van der Waals surface area contributed by atoms with Gasteiger partial charge in [-0.15, -0.1) is 0 Å². The third-order valence-electron chi connectivity index (χ3n) is 3.97. The summed E-state index contributed by atoms with van der Waals surface area (Å²) < 4.78 is 5.97. The number of para-hydroxylation sites is 1. The zero-order chi connectivity index (χ0) is 12.5. The zero-order valence-corrected chi connectivity index (χ0v) is 11.2. The molecule has 96 valence electrons. The van der Waals surface area contributed by atoms with E-state index in [9.17, 15) is 0 Å². The zero-order valence-electron chi connectivity index (χ0n) is 11.2. The monoisotopic (exact) mass is 243 g/mol. The van der Waals surface area contributed by atoms with E-state index in [1.807, 2.05) is 12.1 Å². The number of rotatable bonds is 5. The highest BCUT2D eigenvalue weighted by Gasteiger charge is 2.21. The average molecular weight is 243 g/mol. The molecule has 0 saturated heterocycles. The van der Waals surface area contributed by atoms with Gasteiger partial charge in [-0.25, -0.2) is 0 Å². The van der Waals surface area contributed by atoms with Gasteiger partial charge in [0.05, 0.1) is 6.04 Å². The lowest BCUT2D eigenvalue weighted by Crippen LogP contribution is -2.20. The van der Waals surface area contributed by atoms with Crippen molar-refractivity contribution in [1.82, 2.24) is 5.32 Å². The lowest BCUT2D eigenvalue weighted by molar-refractivity contribution is 0.441. The smallest absolute Gasteiger partial charge is 0.134 e. The SMILES string of the molecule is Cc1c(C(C)NCCC2CC2)oc2ccccc12. The second-order valence-corrected chi connectivity index (χ2v) is 5.50. The first kappa shape index (κ1) is 11.8. The summed E-state index contributed by atoms with van der Waals surface area (Å²) in [6.45, 7) is 5.44. The van der Waals surface area contributed by atoms with Gasteiger partial charge >= 0.3 is 0 Å². The van der Waals surface area contributed by atoms with Crippen molar-refractivity contribution in [2.45, 2.75) is 39.2 Å². The van der Waals surface area contributed by atoms with Crippen molar-refractivity contribution in [3.63, 3.8) is 0 Å². The number of hydrogen-bond donors (Lipinski definition) is 1. The Hall–Kier alpha value is -1.28. The average Bonchev–Trinajstić information content (AvgIpc) is 3.14. The molecule has 0 spiro atoms. The van der Waals surface area contributed by atoms with Crippen LogP contribution in [0.15, 0.2) is 28.7 Å². The number of hydrogen-bond acceptors (Lipinski definition) is 2. The van der Waals surface area contributed by atoms with Gasteiger partial charge in [-0.1, -0.05) is 31.0 Å². The van der Waals surface area contributed by atoms with Crippen molar-refractivity contribution in [2.75, 3.05) is 6.54 Å². The molecule has 2 nitrogen and oxygen atoms in total. The molecule has 1 atom stereocenters. The van der Waals surface area contributed by atoms with Gasteiger partial charge in [0.15, 0.2) is 0 Å². The first-order valence-electron chi connectivity index (χ1n) is 6.97. The largest absolute Gasteiger partial charge is 0.459 e. The van der Waals surface area contributed by atoms with E-state index >= 15 is 0 Å². The van der Waals surface area contributed by atoms with Crippen molar-refractivity contribution in [3.8, 4) is 0 Å². The van der Waals surface area contributed by atoms with Crippen LogP contribution in [0.2, 0.25) is 0 Å².